The number of anilines is 2. The van der Waals surface area contributed by atoms with Crippen molar-refractivity contribution >= 4 is 35.6 Å². The molecule has 10 heteroatoms. The minimum atomic E-state index is -4.46. The molecule has 6 nitrogen and oxygen atoms in total. The van der Waals surface area contributed by atoms with E-state index in [0.29, 0.717) is 23.2 Å². The first-order valence-electron chi connectivity index (χ1n) is 11.6. The van der Waals surface area contributed by atoms with Crippen LogP contribution in [-0.4, -0.2) is 53.4 Å². The van der Waals surface area contributed by atoms with Crippen LogP contribution in [0.4, 0.5) is 24.7 Å². The molecule has 1 aliphatic rings. The largest absolute Gasteiger partial charge is 0.496 e. The van der Waals surface area contributed by atoms with E-state index >= 15 is 0 Å². The molecule has 0 saturated carbocycles. The number of hydrogen-bond acceptors (Lipinski definition) is 6. The van der Waals surface area contributed by atoms with Gasteiger partial charge >= 0.3 is 6.18 Å². The van der Waals surface area contributed by atoms with Gasteiger partial charge in [0, 0.05) is 48.1 Å². The van der Waals surface area contributed by atoms with Crippen molar-refractivity contribution < 1.29 is 17.9 Å². The van der Waals surface area contributed by atoms with Crippen LogP contribution >= 0.6 is 7.92 Å². The average molecular weight is 506 g/mol. The molecule has 0 spiro atoms. The lowest BCUT2D eigenvalue weighted by atomic mass is 10.1. The first-order chi connectivity index (χ1) is 16.5. The summed E-state index contributed by atoms with van der Waals surface area (Å²) < 4.78 is 45.4. The van der Waals surface area contributed by atoms with Gasteiger partial charge in [-0.1, -0.05) is 7.92 Å². The topological polar surface area (TPSA) is 76.3 Å². The summed E-state index contributed by atoms with van der Waals surface area (Å²) in [4.78, 5) is 11.6. The molecule has 3 aromatic rings. The highest BCUT2D eigenvalue weighted by molar-refractivity contribution is 7.66. The second-order valence-electron chi connectivity index (χ2n) is 9.09. The number of nitrogens with zero attached hydrogens (tertiary/aromatic N) is 3. The molecular formula is C25H31F3N5OP. The van der Waals surface area contributed by atoms with Crippen LogP contribution < -0.4 is 21.1 Å². The average Bonchev–Trinajstić information content (AvgIpc) is 2.80. The Morgan fingerprint density at radius 1 is 1.11 bits per heavy atom. The summed E-state index contributed by atoms with van der Waals surface area (Å²) in [5.74, 6) is 1.98. The lowest BCUT2D eigenvalue weighted by Crippen LogP contribution is -2.40. The molecule has 0 atom stereocenters. The second-order valence-corrected chi connectivity index (χ2v) is 11.5. The number of benzene rings is 2. The number of nitrogens with one attached hydrogen (secondary N) is 1. The van der Waals surface area contributed by atoms with Gasteiger partial charge in [0.2, 0.25) is 0 Å². The van der Waals surface area contributed by atoms with E-state index in [1.165, 1.54) is 5.30 Å². The third kappa shape index (κ3) is 5.78. The summed E-state index contributed by atoms with van der Waals surface area (Å²) >= 11 is 0. The minimum absolute atomic E-state index is 0.0721. The van der Waals surface area contributed by atoms with Crippen LogP contribution in [0, 0.1) is 6.92 Å². The highest BCUT2D eigenvalue weighted by Crippen LogP contribution is 2.42. The van der Waals surface area contributed by atoms with Gasteiger partial charge in [0.1, 0.15) is 17.4 Å². The van der Waals surface area contributed by atoms with Crippen molar-refractivity contribution in [3.8, 4) is 5.75 Å². The fourth-order valence-electron chi connectivity index (χ4n) is 4.46. The molecule has 0 amide bonds. The van der Waals surface area contributed by atoms with Gasteiger partial charge in [0.05, 0.1) is 18.2 Å². The second kappa shape index (κ2) is 10.2. The number of rotatable bonds is 6. The van der Waals surface area contributed by atoms with Crippen LogP contribution in [0.15, 0.2) is 30.3 Å². The molecule has 188 valence electrons. The number of aryl methyl sites for hydroxylation is 1. The summed E-state index contributed by atoms with van der Waals surface area (Å²) in [6.07, 6.45) is -2.27. The number of methoxy groups -OCH3 is 1. The number of aromatic nitrogens is 2. The SMILES string of the molecule is COc1cc2nc(C)nc(NCc3cc(N)cc(C(F)(F)F)c3)c2cc1P1CCN(C(C)C)CC1. The van der Waals surface area contributed by atoms with E-state index in [9.17, 15) is 13.2 Å². The molecule has 2 aromatic carbocycles. The van der Waals surface area contributed by atoms with Crippen LogP contribution in [0.1, 0.15) is 30.8 Å². The van der Waals surface area contributed by atoms with Crippen molar-refractivity contribution in [3.05, 3.63) is 47.3 Å². The van der Waals surface area contributed by atoms with E-state index in [4.69, 9.17) is 10.5 Å². The van der Waals surface area contributed by atoms with E-state index < -0.39 is 19.7 Å². The smallest absolute Gasteiger partial charge is 0.416 e. The highest BCUT2D eigenvalue weighted by Gasteiger charge is 2.31. The van der Waals surface area contributed by atoms with Crippen LogP contribution in [0.3, 0.4) is 0 Å². The highest BCUT2D eigenvalue weighted by atomic mass is 31.1. The van der Waals surface area contributed by atoms with E-state index in [1.54, 1.807) is 20.1 Å². The lowest BCUT2D eigenvalue weighted by molar-refractivity contribution is -0.137. The summed E-state index contributed by atoms with van der Waals surface area (Å²) in [6, 6.07) is 8.18. The molecule has 1 fully saturated rings. The molecule has 0 aliphatic carbocycles. The Kier molecular flexibility index (Phi) is 7.38. The van der Waals surface area contributed by atoms with Crippen LogP contribution in [0.2, 0.25) is 0 Å². The molecule has 0 unspecified atom stereocenters. The first-order valence-corrected chi connectivity index (χ1v) is 13.3. The number of ether oxygens (including phenoxy) is 1. The van der Waals surface area contributed by atoms with Crippen molar-refractivity contribution in [2.45, 2.75) is 39.5 Å². The van der Waals surface area contributed by atoms with E-state index in [0.717, 1.165) is 54.2 Å². The minimum Gasteiger partial charge on any atom is -0.496 e. The van der Waals surface area contributed by atoms with Crippen molar-refractivity contribution in [3.63, 3.8) is 0 Å². The maximum atomic E-state index is 13.2. The Morgan fingerprint density at radius 2 is 1.83 bits per heavy atom. The predicted molar refractivity (Wildman–Crippen MR) is 137 cm³/mol. The standard InChI is InChI=1S/C25H31F3N5OP/c1-15(2)33-5-7-35(8-6-33)23-12-20-21(13-22(23)34-4)31-16(3)32-24(20)30-14-17-9-18(25(26,27)28)11-19(29)10-17/h9-13,15H,5-8,14,29H2,1-4H3,(H,30,31,32). The molecule has 35 heavy (non-hydrogen) atoms. The van der Waals surface area contributed by atoms with E-state index in [1.807, 2.05) is 6.07 Å². The Labute approximate surface area is 204 Å². The van der Waals surface area contributed by atoms with E-state index in [-0.39, 0.29) is 12.2 Å². The molecule has 2 heterocycles. The van der Waals surface area contributed by atoms with Gasteiger partial charge in [-0.2, -0.15) is 13.2 Å². The summed E-state index contributed by atoms with van der Waals surface area (Å²) in [6.45, 7) is 8.49. The predicted octanol–water partition coefficient (Wildman–Crippen LogP) is 4.99. The summed E-state index contributed by atoms with van der Waals surface area (Å²) in [5.41, 5.74) is 6.21. The number of fused-ring (bicyclic) bond motifs is 1. The number of halogens is 3. The molecule has 1 saturated heterocycles. The zero-order valence-corrected chi connectivity index (χ0v) is 21.3. The number of nitrogens with two attached hydrogens (primary N) is 1. The quantitative estimate of drug-likeness (QED) is 0.363. The third-order valence-corrected chi connectivity index (χ3v) is 8.81. The summed E-state index contributed by atoms with van der Waals surface area (Å²) in [7, 11) is 1.27. The first kappa shape index (κ1) is 25.5. The monoisotopic (exact) mass is 505 g/mol. The van der Waals surface area contributed by atoms with Gasteiger partial charge in [-0.15, -0.1) is 0 Å². The Balaban J connectivity index is 1.66. The molecule has 1 aliphatic heterocycles. The fraction of sp³-hybridized carbons (Fsp3) is 0.440. The molecule has 3 N–H and O–H groups in total. The Morgan fingerprint density at radius 3 is 2.46 bits per heavy atom. The summed E-state index contributed by atoms with van der Waals surface area (Å²) in [5, 5.41) is 5.24. The molecule has 0 bridgehead atoms. The van der Waals surface area contributed by atoms with Crippen molar-refractivity contribution in [2.24, 2.45) is 0 Å². The van der Waals surface area contributed by atoms with Gasteiger partial charge in [0.15, 0.2) is 0 Å². The van der Waals surface area contributed by atoms with Gasteiger partial charge < -0.3 is 20.7 Å². The van der Waals surface area contributed by atoms with Crippen LogP contribution in [-0.2, 0) is 12.7 Å². The maximum absolute atomic E-state index is 13.2. The lowest BCUT2D eigenvalue weighted by Gasteiger charge is -2.35. The van der Waals surface area contributed by atoms with Gasteiger partial charge in [-0.05, 0) is 62.9 Å². The zero-order valence-electron chi connectivity index (χ0n) is 20.4. The third-order valence-electron chi connectivity index (χ3n) is 6.30. The number of nitrogen functional groups attached to an aromatic ring is 1. The van der Waals surface area contributed by atoms with Crippen molar-refractivity contribution in [1.29, 1.82) is 0 Å². The zero-order chi connectivity index (χ0) is 25.3. The Hall–Kier alpha value is -2.64. The molecule has 0 radical (unpaired) electrons. The van der Waals surface area contributed by atoms with Crippen molar-refractivity contribution in [1.82, 2.24) is 14.9 Å². The number of alkyl halides is 3. The fourth-order valence-corrected chi connectivity index (χ4v) is 6.94. The van der Waals surface area contributed by atoms with Gasteiger partial charge in [0.25, 0.3) is 0 Å². The normalized spacial score (nSPS) is 15.7. The molecule has 4 rings (SSSR count). The van der Waals surface area contributed by atoms with Crippen molar-refractivity contribution in [2.75, 3.05) is 43.6 Å². The molecule has 1 aromatic heterocycles. The van der Waals surface area contributed by atoms with Gasteiger partial charge in [-0.3, -0.25) is 0 Å². The Bertz CT molecular complexity index is 1210. The van der Waals surface area contributed by atoms with Gasteiger partial charge in [-0.25, -0.2) is 9.97 Å². The van der Waals surface area contributed by atoms with E-state index in [2.05, 4.69) is 40.1 Å². The maximum Gasteiger partial charge on any atom is 0.416 e. The number of hydrogen-bond donors (Lipinski definition) is 2. The van der Waals surface area contributed by atoms with Crippen LogP contribution in [0.25, 0.3) is 10.9 Å². The van der Waals surface area contributed by atoms with Crippen LogP contribution in [0.5, 0.6) is 5.75 Å². The molecular weight excluding hydrogens is 474 g/mol.